The van der Waals surface area contributed by atoms with Gasteiger partial charge in [-0.1, -0.05) is 18.2 Å². The van der Waals surface area contributed by atoms with Crippen LogP contribution in [0.3, 0.4) is 0 Å². The number of urea groups is 1. The number of para-hydroxylation sites is 1. The first kappa shape index (κ1) is 12.5. The summed E-state index contributed by atoms with van der Waals surface area (Å²) in [4.78, 5) is 11.4. The zero-order chi connectivity index (χ0) is 12.0. The molecule has 1 rings (SSSR count). The molecule has 0 aliphatic carbocycles. The number of nitrogens with one attached hydrogen (secondary N) is 3. The Labute approximate surface area is 96.4 Å². The standard InChI is InChI=1S/C12H19N3O/c1-4-14-12(16)15-11-8-6-5-7-10(11)9(2)13-3/h5-9,13H,4H2,1-3H3,(H2,14,15,16). The minimum Gasteiger partial charge on any atom is -0.338 e. The first-order valence-electron chi connectivity index (χ1n) is 5.50. The van der Waals surface area contributed by atoms with Crippen molar-refractivity contribution in [3.05, 3.63) is 29.8 Å². The number of benzene rings is 1. The maximum absolute atomic E-state index is 11.4. The topological polar surface area (TPSA) is 53.2 Å². The van der Waals surface area contributed by atoms with Gasteiger partial charge in [0.2, 0.25) is 0 Å². The Kier molecular flexibility index (Phi) is 4.79. The predicted octanol–water partition coefficient (Wildman–Crippen LogP) is 2.11. The van der Waals surface area contributed by atoms with Crippen LogP contribution >= 0.6 is 0 Å². The maximum atomic E-state index is 11.4. The predicted molar refractivity (Wildman–Crippen MR) is 66.6 cm³/mol. The van der Waals surface area contributed by atoms with Gasteiger partial charge in [0.1, 0.15) is 0 Å². The average Bonchev–Trinajstić information content (AvgIpc) is 2.29. The average molecular weight is 221 g/mol. The van der Waals surface area contributed by atoms with Crippen molar-refractivity contribution in [2.75, 3.05) is 18.9 Å². The summed E-state index contributed by atoms with van der Waals surface area (Å²) >= 11 is 0. The molecule has 4 heteroatoms. The quantitative estimate of drug-likeness (QED) is 0.729. The van der Waals surface area contributed by atoms with Crippen LogP contribution in [0.4, 0.5) is 10.5 Å². The van der Waals surface area contributed by atoms with Gasteiger partial charge in [0, 0.05) is 18.3 Å². The van der Waals surface area contributed by atoms with Crippen molar-refractivity contribution in [3.8, 4) is 0 Å². The molecule has 0 aliphatic heterocycles. The van der Waals surface area contributed by atoms with Gasteiger partial charge in [0.05, 0.1) is 0 Å². The van der Waals surface area contributed by atoms with E-state index in [2.05, 4.69) is 22.9 Å². The molecule has 0 aromatic heterocycles. The second kappa shape index (κ2) is 6.12. The van der Waals surface area contributed by atoms with E-state index in [1.54, 1.807) is 0 Å². The Morgan fingerprint density at radius 3 is 2.69 bits per heavy atom. The third kappa shape index (κ3) is 3.24. The minimum absolute atomic E-state index is 0.168. The molecule has 2 amide bonds. The largest absolute Gasteiger partial charge is 0.338 e. The Hall–Kier alpha value is -1.55. The van der Waals surface area contributed by atoms with Crippen molar-refractivity contribution in [1.82, 2.24) is 10.6 Å². The Bertz CT molecular complexity index is 352. The lowest BCUT2D eigenvalue weighted by Crippen LogP contribution is -2.29. The van der Waals surface area contributed by atoms with E-state index < -0.39 is 0 Å². The summed E-state index contributed by atoms with van der Waals surface area (Å²) in [7, 11) is 1.90. The summed E-state index contributed by atoms with van der Waals surface area (Å²) in [6, 6.07) is 7.82. The van der Waals surface area contributed by atoms with Gasteiger partial charge in [-0.3, -0.25) is 0 Å². The molecule has 0 saturated carbocycles. The highest BCUT2D eigenvalue weighted by Crippen LogP contribution is 2.21. The summed E-state index contributed by atoms with van der Waals surface area (Å²) in [5, 5.41) is 8.70. The van der Waals surface area contributed by atoms with Crippen molar-refractivity contribution in [2.24, 2.45) is 0 Å². The van der Waals surface area contributed by atoms with E-state index in [1.165, 1.54) is 0 Å². The number of rotatable bonds is 4. The summed E-state index contributed by atoms with van der Waals surface area (Å²) in [6.07, 6.45) is 0. The van der Waals surface area contributed by atoms with Gasteiger partial charge in [-0.2, -0.15) is 0 Å². The molecular weight excluding hydrogens is 202 g/mol. The van der Waals surface area contributed by atoms with Crippen LogP contribution in [0.5, 0.6) is 0 Å². The molecule has 3 N–H and O–H groups in total. The van der Waals surface area contributed by atoms with Gasteiger partial charge in [0.15, 0.2) is 0 Å². The number of carbonyl (C=O) groups excluding carboxylic acids is 1. The Balaban J connectivity index is 2.82. The van der Waals surface area contributed by atoms with Crippen LogP contribution in [-0.2, 0) is 0 Å². The monoisotopic (exact) mass is 221 g/mol. The molecule has 0 spiro atoms. The van der Waals surface area contributed by atoms with Gasteiger partial charge < -0.3 is 16.0 Å². The molecule has 1 aromatic carbocycles. The van der Waals surface area contributed by atoms with Crippen molar-refractivity contribution in [3.63, 3.8) is 0 Å². The maximum Gasteiger partial charge on any atom is 0.319 e. The lowest BCUT2D eigenvalue weighted by atomic mass is 10.1. The summed E-state index contributed by atoms with van der Waals surface area (Å²) in [6.45, 7) is 4.57. The molecule has 0 fully saturated rings. The fourth-order valence-electron chi connectivity index (χ4n) is 1.47. The first-order valence-corrected chi connectivity index (χ1v) is 5.50. The summed E-state index contributed by atoms with van der Waals surface area (Å²) in [5.74, 6) is 0. The summed E-state index contributed by atoms with van der Waals surface area (Å²) < 4.78 is 0. The van der Waals surface area contributed by atoms with Crippen LogP contribution in [0.2, 0.25) is 0 Å². The lowest BCUT2D eigenvalue weighted by Gasteiger charge is -2.16. The highest BCUT2D eigenvalue weighted by Gasteiger charge is 2.09. The highest BCUT2D eigenvalue weighted by atomic mass is 16.2. The number of hydrogen-bond acceptors (Lipinski definition) is 2. The van der Waals surface area contributed by atoms with E-state index in [9.17, 15) is 4.79 Å². The van der Waals surface area contributed by atoms with E-state index in [-0.39, 0.29) is 12.1 Å². The molecule has 1 unspecified atom stereocenters. The number of anilines is 1. The van der Waals surface area contributed by atoms with Gasteiger partial charge in [-0.15, -0.1) is 0 Å². The van der Waals surface area contributed by atoms with Crippen molar-refractivity contribution < 1.29 is 4.79 Å². The zero-order valence-corrected chi connectivity index (χ0v) is 10.0. The third-order valence-corrected chi connectivity index (χ3v) is 2.45. The van der Waals surface area contributed by atoms with E-state index in [1.807, 2.05) is 38.2 Å². The van der Waals surface area contributed by atoms with Gasteiger partial charge in [0.25, 0.3) is 0 Å². The smallest absolute Gasteiger partial charge is 0.319 e. The molecule has 0 radical (unpaired) electrons. The van der Waals surface area contributed by atoms with E-state index in [0.29, 0.717) is 6.54 Å². The SMILES string of the molecule is CCNC(=O)Nc1ccccc1C(C)NC. The van der Waals surface area contributed by atoms with Crippen LogP contribution in [0.1, 0.15) is 25.5 Å². The molecule has 0 aliphatic rings. The highest BCUT2D eigenvalue weighted by molar-refractivity contribution is 5.90. The number of hydrogen-bond donors (Lipinski definition) is 3. The van der Waals surface area contributed by atoms with Crippen LogP contribution in [0.25, 0.3) is 0 Å². The molecular formula is C12H19N3O. The fourth-order valence-corrected chi connectivity index (χ4v) is 1.47. The molecule has 16 heavy (non-hydrogen) atoms. The Morgan fingerprint density at radius 1 is 1.38 bits per heavy atom. The Morgan fingerprint density at radius 2 is 2.06 bits per heavy atom. The summed E-state index contributed by atoms with van der Waals surface area (Å²) in [5.41, 5.74) is 1.92. The van der Waals surface area contributed by atoms with Gasteiger partial charge >= 0.3 is 6.03 Å². The van der Waals surface area contributed by atoms with E-state index in [4.69, 9.17) is 0 Å². The van der Waals surface area contributed by atoms with Gasteiger partial charge in [-0.05, 0) is 32.5 Å². The molecule has 1 atom stereocenters. The van der Waals surface area contributed by atoms with Crippen LogP contribution in [0.15, 0.2) is 24.3 Å². The normalized spacial score (nSPS) is 11.9. The second-order valence-electron chi connectivity index (χ2n) is 3.58. The van der Waals surface area contributed by atoms with Crippen molar-refractivity contribution in [2.45, 2.75) is 19.9 Å². The number of carbonyl (C=O) groups is 1. The molecule has 1 aromatic rings. The molecule has 0 bridgehead atoms. The molecule has 0 saturated heterocycles. The van der Waals surface area contributed by atoms with Crippen LogP contribution < -0.4 is 16.0 Å². The first-order chi connectivity index (χ1) is 7.69. The third-order valence-electron chi connectivity index (χ3n) is 2.45. The molecule has 4 nitrogen and oxygen atoms in total. The van der Waals surface area contributed by atoms with Crippen molar-refractivity contribution >= 4 is 11.7 Å². The second-order valence-corrected chi connectivity index (χ2v) is 3.58. The van der Waals surface area contributed by atoms with E-state index >= 15 is 0 Å². The molecule has 0 heterocycles. The van der Waals surface area contributed by atoms with Gasteiger partial charge in [-0.25, -0.2) is 4.79 Å². The van der Waals surface area contributed by atoms with Crippen molar-refractivity contribution in [1.29, 1.82) is 0 Å². The van der Waals surface area contributed by atoms with E-state index in [0.717, 1.165) is 11.3 Å². The number of amides is 2. The molecule has 88 valence electrons. The lowest BCUT2D eigenvalue weighted by molar-refractivity contribution is 0.252. The minimum atomic E-state index is -0.168. The van der Waals surface area contributed by atoms with Crippen LogP contribution in [0, 0.1) is 0 Å². The van der Waals surface area contributed by atoms with Crippen LogP contribution in [-0.4, -0.2) is 19.6 Å². The zero-order valence-electron chi connectivity index (χ0n) is 10.0. The fraction of sp³-hybridized carbons (Fsp3) is 0.417.